The Morgan fingerprint density at radius 2 is 1.50 bits per heavy atom. The van der Waals surface area contributed by atoms with Crippen molar-refractivity contribution in [3.8, 4) is 0 Å². The number of hydrogen-bond donors (Lipinski definition) is 1. The summed E-state index contributed by atoms with van der Waals surface area (Å²) in [7, 11) is 0. The second-order valence-electron chi connectivity index (χ2n) is 6.40. The van der Waals surface area contributed by atoms with Crippen LogP contribution in [0.3, 0.4) is 0 Å². The molecule has 0 aliphatic carbocycles. The number of nitrogens with one attached hydrogen (secondary N) is 1. The van der Waals surface area contributed by atoms with Crippen molar-refractivity contribution >= 4 is 39.3 Å². The number of hydrogen-bond acceptors (Lipinski definition) is 3. The second-order valence-corrected chi connectivity index (χ2v) is 7.32. The van der Waals surface area contributed by atoms with E-state index in [1.165, 1.54) is 4.90 Å². The minimum Gasteiger partial charge on any atom is -0.322 e. The highest BCUT2D eigenvalue weighted by atomic mass is 79.9. The molecule has 3 amide bonds. The lowest BCUT2D eigenvalue weighted by Crippen LogP contribution is -2.29. The van der Waals surface area contributed by atoms with Crippen LogP contribution in [0.1, 0.15) is 36.6 Å². The molecule has 0 radical (unpaired) electrons. The molecule has 1 aliphatic rings. The summed E-state index contributed by atoms with van der Waals surface area (Å²) in [5.41, 5.74) is 2.67. The highest BCUT2D eigenvalue weighted by Crippen LogP contribution is 2.24. The molecule has 28 heavy (non-hydrogen) atoms. The summed E-state index contributed by atoms with van der Waals surface area (Å²) in [6.07, 6.45) is 0. The van der Waals surface area contributed by atoms with Crippen LogP contribution < -0.4 is 5.32 Å². The van der Waals surface area contributed by atoms with Gasteiger partial charge in [-0.2, -0.15) is 0 Å². The molecule has 4 rings (SSSR count). The zero-order valence-corrected chi connectivity index (χ0v) is 16.3. The van der Waals surface area contributed by atoms with Gasteiger partial charge in [0, 0.05) is 15.7 Å². The van der Waals surface area contributed by atoms with E-state index in [1.54, 1.807) is 60.7 Å². The summed E-state index contributed by atoms with van der Waals surface area (Å²) < 4.78 is 0.924. The summed E-state index contributed by atoms with van der Waals surface area (Å²) >= 11 is 3.36. The lowest BCUT2D eigenvalue weighted by Gasteiger charge is -2.14. The number of amides is 3. The van der Waals surface area contributed by atoms with Gasteiger partial charge in [-0.25, -0.2) is 0 Å². The van der Waals surface area contributed by atoms with Gasteiger partial charge in [0.05, 0.1) is 17.7 Å². The fraction of sp³-hybridized carbons (Fsp3) is 0.0455. The lowest BCUT2D eigenvalue weighted by atomic mass is 10.1. The number of benzene rings is 3. The maximum absolute atomic E-state index is 12.5. The molecule has 0 unspecified atom stereocenters. The van der Waals surface area contributed by atoms with Gasteiger partial charge in [-0.1, -0.05) is 40.2 Å². The number of halogens is 1. The molecule has 0 spiro atoms. The van der Waals surface area contributed by atoms with Crippen molar-refractivity contribution in [3.05, 3.63) is 99.5 Å². The fourth-order valence-electron chi connectivity index (χ4n) is 3.11. The van der Waals surface area contributed by atoms with Crippen molar-refractivity contribution in [1.82, 2.24) is 4.90 Å². The predicted octanol–water partition coefficient (Wildman–Crippen LogP) is 4.50. The standard InChI is InChI=1S/C22H15BrN2O3/c23-16-8-10-17(11-9-16)24-20(26)15-5-3-4-14(12-15)13-25-21(27)18-6-1-2-7-19(18)22(25)28/h1-12H,13H2,(H,24,26). The van der Waals surface area contributed by atoms with Gasteiger partial charge in [-0.15, -0.1) is 0 Å². The third-order valence-corrected chi connectivity index (χ3v) is 5.04. The Morgan fingerprint density at radius 1 is 0.857 bits per heavy atom. The van der Waals surface area contributed by atoms with Crippen LogP contribution in [-0.4, -0.2) is 22.6 Å². The number of anilines is 1. The Balaban J connectivity index is 1.51. The highest BCUT2D eigenvalue weighted by molar-refractivity contribution is 9.10. The lowest BCUT2D eigenvalue weighted by molar-refractivity contribution is 0.0642. The molecule has 3 aromatic carbocycles. The molecule has 0 saturated heterocycles. The van der Waals surface area contributed by atoms with Crippen molar-refractivity contribution in [2.75, 3.05) is 5.32 Å². The van der Waals surface area contributed by atoms with Crippen molar-refractivity contribution in [1.29, 1.82) is 0 Å². The van der Waals surface area contributed by atoms with Crippen LogP contribution in [0.4, 0.5) is 5.69 Å². The smallest absolute Gasteiger partial charge is 0.261 e. The molecule has 6 heteroatoms. The number of nitrogens with zero attached hydrogens (tertiary/aromatic N) is 1. The minimum absolute atomic E-state index is 0.117. The van der Waals surface area contributed by atoms with Crippen molar-refractivity contribution in [3.63, 3.8) is 0 Å². The number of imide groups is 1. The molecule has 3 aromatic rings. The van der Waals surface area contributed by atoms with Crippen LogP contribution in [0.25, 0.3) is 0 Å². The van der Waals surface area contributed by atoms with E-state index in [2.05, 4.69) is 21.2 Å². The number of fused-ring (bicyclic) bond motifs is 1. The second kappa shape index (κ2) is 7.40. The molecule has 0 aromatic heterocycles. The van der Waals surface area contributed by atoms with Crippen LogP contribution in [0.5, 0.6) is 0 Å². The Bertz CT molecular complexity index is 1060. The van der Waals surface area contributed by atoms with Crippen molar-refractivity contribution in [2.45, 2.75) is 6.54 Å². The third-order valence-electron chi connectivity index (χ3n) is 4.51. The molecular weight excluding hydrogens is 420 g/mol. The number of rotatable bonds is 4. The van der Waals surface area contributed by atoms with Crippen molar-refractivity contribution in [2.24, 2.45) is 0 Å². The summed E-state index contributed by atoms with van der Waals surface area (Å²) in [4.78, 5) is 38.8. The molecule has 0 bridgehead atoms. The maximum atomic E-state index is 12.5. The van der Waals surface area contributed by atoms with E-state index < -0.39 is 0 Å². The van der Waals surface area contributed by atoms with Gasteiger partial charge in [0.1, 0.15) is 0 Å². The van der Waals surface area contributed by atoms with E-state index in [1.807, 2.05) is 12.1 Å². The van der Waals surface area contributed by atoms with Crippen LogP contribution in [0.2, 0.25) is 0 Å². The molecule has 1 heterocycles. The van der Waals surface area contributed by atoms with Crippen LogP contribution in [-0.2, 0) is 6.54 Å². The van der Waals surface area contributed by atoms with Gasteiger partial charge in [-0.3, -0.25) is 19.3 Å². The average molecular weight is 435 g/mol. The van der Waals surface area contributed by atoms with E-state index in [0.717, 1.165) is 4.47 Å². The van der Waals surface area contributed by atoms with Gasteiger partial charge < -0.3 is 5.32 Å². The maximum Gasteiger partial charge on any atom is 0.261 e. The number of carbonyl (C=O) groups is 3. The fourth-order valence-corrected chi connectivity index (χ4v) is 3.38. The zero-order valence-electron chi connectivity index (χ0n) is 14.7. The molecule has 1 aliphatic heterocycles. The predicted molar refractivity (Wildman–Crippen MR) is 109 cm³/mol. The Labute approximate surface area is 170 Å². The Morgan fingerprint density at radius 3 is 2.14 bits per heavy atom. The van der Waals surface area contributed by atoms with E-state index in [4.69, 9.17) is 0 Å². The molecule has 0 fully saturated rings. The van der Waals surface area contributed by atoms with Gasteiger partial charge in [0.25, 0.3) is 17.7 Å². The summed E-state index contributed by atoms with van der Waals surface area (Å²) in [6.45, 7) is 0.117. The van der Waals surface area contributed by atoms with Crippen LogP contribution >= 0.6 is 15.9 Å². The van der Waals surface area contributed by atoms with Crippen LogP contribution in [0.15, 0.2) is 77.3 Å². The first-order valence-electron chi connectivity index (χ1n) is 8.64. The van der Waals surface area contributed by atoms with Gasteiger partial charge in [-0.05, 0) is 54.1 Å². The molecular formula is C22H15BrN2O3. The molecule has 1 N–H and O–H groups in total. The van der Waals surface area contributed by atoms with Gasteiger partial charge in [0.15, 0.2) is 0 Å². The zero-order chi connectivity index (χ0) is 19.7. The van der Waals surface area contributed by atoms with E-state index in [-0.39, 0.29) is 24.3 Å². The van der Waals surface area contributed by atoms with E-state index in [9.17, 15) is 14.4 Å². The minimum atomic E-state index is -0.315. The van der Waals surface area contributed by atoms with Gasteiger partial charge >= 0.3 is 0 Å². The van der Waals surface area contributed by atoms with Gasteiger partial charge in [0.2, 0.25) is 0 Å². The molecule has 0 saturated carbocycles. The van der Waals surface area contributed by atoms with Crippen molar-refractivity contribution < 1.29 is 14.4 Å². The first-order valence-corrected chi connectivity index (χ1v) is 9.43. The Kier molecular flexibility index (Phi) is 4.79. The average Bonchev–Trinajstić information content (AvgIpc) is 2.95. The molecule has 0 atom stereocenters. The summed E-state index contributed by atoms with van der Waals surface area (Å²) in [5.74, 6) is -0.887. The largest absolute Gasteiger partial charge is 0.322 e. The van der Waals surface area contributed by atoms with Crippen LogP contribution in [0, 0.1) is 0 Å². The Hall–Kier alpha value is -3.25. The summed E-state index contributed by atoms with van der Waals surface area (Å²) in [5, 5.41) is 2.83. The first kappa shape index (κ1) is 18.1. The first-order chi connectivity index (χ1) is 13.5. The quantitative estimate of drug-likeness (QED) is 0.614. The molecule has 5 nitrogen and oxygen atoms in total. The topological polar surface area (TPSA) is 66.5 Å². The SMILES string of the molecule is O=C(Nc1ccc(Br)cc1)c1cccc(CN2C(=O)c3ccccc3C2=O)c1. The molecule has 138 valence electrons. The summed E-state index contributed by atoms with van der Waals surface area (Å²) in [6, 6.07) is 21.0. The van der Waals surface area contributed by atoms with E-state index >= 15 is 0 Å². The number of carbonyl (C=O) groups excluding carboxylic acids is 3. The normalized spacial score (nSPS) is 12.8. The monoisotopic (exact) mass is 434 g/mol. The third kappa shape index (κ3) is 3.46. The highest BCUT2D eigenvalue weighted by Gasteiger charge is 2.34. The van der Waals surface area contributed by atoms with E-state index in [0.29, 0.717) is 27.9 Å².